The van der Waals surface area contributed by atoms with E-state index in [0.29, 0.717) is 0 Å². The van der Waals surface area contributed by atoms with Crippen LogP contribution in [0.4, 0.5) is 0 Å². The molecule has 1 aliphatic carbocycles. The fourth-order valence-electron chi connectivity index (χ4n) is 2.84. The number of hydrogen-bond acceptors (Lipinski definition) is 1. The van der Waals surface area contributed by atoms with Crippen molar-refractivity contribution in [2.45, 2.75) is 6.42 Å². The van der Waals surface area contributed by atoms with Gasteiger partial charge in [-0.15, -0.1) is 0 Å². The van der Waals surface area contributed by atoms with Crippen molar-refractivity contribution in [2.75, 3.05) is 0 Å². The fraction of sp³-hybridized carbons (Fsp3) is 0.0526. The molecule has 0 N–H and O–H groups in total. The topological polar surface area (TPSA) is 9.23 Å². The maximum atomic E-state index is 6.05. The normalized spacial score (nSPS) is 11.8. The molecule has 0 spiro atoms. The van der Waals surface area contributed by atoms with E-state index in [2.05, 4.69) is 42.5 Å². The van der Waals surface area contributed by atoms with Gasteiger partial charge in [0.1, 0.15) is 11.5 Å². The Balaban J connectivity index is 1.78. The third-order valence-corrected chi connectivity index (χ3v) is 3.78. The molecule has 1 nitrogen and oxygen atoms in total. The molecule has 0 saturated carbocycles. The average Bonchev–Trinajstić information content (AvgIpc) is 2.88. The minimum absolute atomic E-state index is 0.886. The largest absolute Gasteiger partial charge is 0.457 e. The summed E-state index contributed by atoms with van der Waals surface area (Å²) >= 11 is 0. The van der Waals surface area contributed by atoms with Crippen molar-refractivity contribution in [1.29, 1.82) is 0 Å². The minimum atomic E-state index is 0.886. The van der Waals surface area contributed by atoms with Crippen LogP contribution in [0.5, 0.6) is 11.5 Å². The van der Waals surface area contributed by atoms with Crippen LogP contribution in [0.2, 0.25) is 0 Å². The van der Waals surface area contributed by atoms with Gasteiger partial charge in [-0.3, -0.25) is 0 Å². The zero-order chi connectivity index (χ0) is 13.4. The van der Waals surface area contributed by atoms with Gasteiger partial charge in [0.25, 0.3) is 0 Å². The molecular formula is C19H14O. The third-order valence-electron chi connectivity index (χ3n) is 3.78. The van der Waals surface area contributed by atoms with Crippen molar-refractivity contribution >= 4 is 0 Å². The van der Waals surface area contributed by atoms with Crippen LogP contribution >= 0.6 is 0 Å². The molecule has 3 aromatic rings. The van der Waals surface area contributed by atoms with E-state index in [1.54, 1.807) is 0 Å². The summed E-state index contributed by atoms with van der Waals surface area (Å²) < 4.78 is 6.05. The molecular weight excluding hydrogens is 244 g/mol. The lowest BCUT2D eigenvalue weighted by Gasteiger charge is -2.10. The summed E-state index contributed by atoms with van der Waals surface area (Å²) in [7, 11) is 0. The van der Waals surface area contributed by atoms with Crippen LogP contribution in [-0.2, 0) is 6.42 Å². The zero-order valence-corrected chi connectivity index (χ0v) is 11.0. The molecule has 0 fully saturated rings. The summed E-state index contributed by atoms with van der Waals surface area (Å²) in [6.45, 7) is 0. The number of hydrogen-bond donors (Lipinski definition) is 0. The van der Waals surface area contributed by atoms with Gasteiger partial charge in [-0.1, -0.05) is 54.6 Å². The maximum Gasteiger partial charge on any atom is 0.131 e. The molecule has 0 bridgehead atoms. The molecule has 0 radical (unpaired) electrons. The first-order valence-electron chi connectivity index (χ1n) is 6.85. The molecule has 20 heavy (non-hydrogen) atoms. The van der Waals surface area contributed by atoms with E-state index in [9.17, 15) is 0 Å². The van der Waals surface area contributed by atoms with Gasteiger partial charge in [-0.25, -0.2) is 0 Å². The van der Waals surface area contributed by atoms with E-state index < -0.39 is 0 Å². The van der Waals surface area contributed by atoms with E-state index in [1.807, 2.05) is 30.3 Å². The van der Waals surface area contributed by atoms with E-state index in [0.717, 1.165) is 17.9 Å². The molecule has 96 valence electrons. The standard InChI is InChI=1S/C19H14O/c1-2-8-15(9-3-1)20-19-12-6-11-17-16-10-5-4-7-14(16)13-18(17)19/h1-12H,13H2. The number of para-hydroxylation sites is 1. The van der Waals surface area contributed by atoms with Gasteiger partial charge in [-0.2, -0.15) is 0 Å². The molecule has 0 atom stereocenters. The number of benzene rings is 3. The highest BCUT2D eigenvalue weighted by Crippen LogP contribution is 2.42. The second kappa shape index (κ2) is 4.53. The summed E-state index contributed by atoms with van der Waals surface area (Å²) in [6, 6.07) is 24.8. The van der Waals surface area contributed by atoms with Gasteiger partial charge < -0.3 is 4.74 Å². The maximum absolute atomic E-state index is 6.05. The van der Waals surface area contributed by atoms with E-state index in [4.69, 9.17) is 4.74 Å². The third kappa shape index (κ3) is 1.79. The predicted octanol–water partition coefficient (Wildman–Crippen LogP) is 5.05. The van der Waals surface area contributed by atoms with Crippen LogP contribution in [0.1, 0.15) is 11.1 Å². The van der Waals surface area contributed by atoms with Crippen LogP contribution in [0, 0.1) is 0 Å². The van der Waals surface area contributed by atoms with Crippen molar-refractivity contribution in [2.24, 2.45) is 0 Å². The lowest BCUT2D eigenvalue weighted by atomic mass is 10.1. The summed E-state index contributed by atoms with van der Waals surface area (Å²) in [5.74, 6) is 1.85. The number of ether oxygens (including phenoxy) is 1. The molecule has 0 unspecified atom stereocenters. The van der Waals surface area contributed by atoms with Crippen LogP contribution in [0.3, 0.4) is 0 Å². The number of fused-ring (bicyclic) bond motifs is 3. The van der Waals surface area contributed by atoms with Crippen molar-refractivity contribution in [1.82, 2.24) is 0 Å². The molecule has 0 aliphatic heterocycles. The quantitative estimate of drug-likeness (QED) is 0.489. The smallest absolute Gasteiger partial charge is 0.131 e. The van der Waals surface area contributed by atoms with Crippen LogP contribution < -0.4 is 4.74 Å². The summed E-state index contributed by atoms with van der Waals surface area (Å²) in [4.78, 5) is 0. The molecule has 0 aromatic heterocycles. The minimum Gasteiger partial charge on any atom is -0.457 e. The average molecular weight is 258 g/mol. The van der Waals surface area contributed by atoms with Crippen molar-refractivity contribution < 1.29 is 4.74 Å². The van der Waals surface area contributed by atoms with Crippen LogP contribution in [-0.4, -0.2) is 0 Å². The van der Waals surface area contributed by atoms with Gasteiger partial charge >= 0.3 is 0 Å². The Labute approximate surface area is 118 Å². The predicted molar refractivity (Wildman–Crippen MR) is 81.2 cm³/mol. The van der Waals surface area contributed by atoms with Gasteiger partial charge in [-0.05, 0) is 34.9 Å². The Kier molecular flexibility index (Phi) is 2.56. The van der Waals surface area contributed by atoms with Gasteiger partial charge in [0, 0.05) is 12.0 Å². The molecule has 0 amide bonds. The van der Waals surface area contributed by atoms with Gasteiger partial charge in [0.05, 0.1) is 0 Å². The van der Waals surface area contributed by atoms with Crippen molar-refractivity contribution in [3.63, 3.8) is 0 Å². The van der Waals surface area contributed by atoms with Gasteiger partial charge in [0.2, 0.25) is 0 Å². The van der Waals surface area contributed by atoms with E-state index in [-0.39, 0.29) is 0 Å². The molecule has 0 heterocycles. The van der Waals surface area contributed by atoms with E-state index >= 15 is 0 Å². The molecule has 4 rings (SSSR count). The SMILES string of the molecule is c1ccc(Oc2cccc3c2Cc2ccccc2-3)cc1. The molecule has 0 saturated heterocycles. The number of rotatable bonds is 2. The summed E-state index contributed by atoms with van der Waals surface area (Å²) in [5.41, 5.74) is 5.30. The van der Waals surface area contributed by atoms with Crippen molar-refractivity contribution in [3.8, 4) is 22.6 Å². The Bertz CT molecular complexity index is 760. The van der Waals surface area contributed by atoms with Crippen LogP contribution in [0.15, 0.2) is 72.8 Å². The Morgan fingerprint density at radius 1 is 0.650 bits per heavy atom. The summed E-state index contributed by atoms with van der Waals surface area (Å²) in [6.07, 6.45) is 0.953. The van der Waals surface area contributed by atoms with Crippen LogP contribution in [0.25, 0.3) is 11.1 Å². The summed E-state index contributed by atoms with van der Waals surface area (Å²) in [5, 5.41) is 0. The highest BCUT2D eigenvalue weighted by Gasteiger charge is 2.21. The second-order valence-corrected chi connectivity index (χ2v) is 5.03. The first-order chi connectivity index (χ1) is 9.92. The molecule has 1 aliphatic rings. The molecule has 1 heteroatoms. The van der Waals surface area contributed by atoms with Gasteiger partial charge in [0.15, 0.2) is 0 Å². The molecule has 3 aromatic carbocycles. The Morgan fingerprint density at radius 3 is 2.30 bits per heavy atom. The lowest BCUT2D eigenvalue weighted by Crippen LogP contribution is -1.90. The Morgan fingerprint density at radius 2 is 1.40 bits per heavy atom. The first kappa shape index (κ1) is 11.3. The highest BCUT2D eigenvalue weighted by atomic mass is 16.5. The Hall–Kier alpha value is -2.54. The van der Waals surface area contributed by atoms with Crippen molar-refractivity contribution in [3.05, 3.63) is 83.9 Å². The second-order valence-electron chi connectivity index (χ2n) is 5.03. The van der Waals surface area contributed by atoms with E-state index in [1.165, 1.54) is 22.3 Å². The fourth-order valence-corrected chi connectivity index (χ4v) is 2.84. The first-order valence-corrected chi connectivity index (χ1v) is 6.85. The highest BCUT2D eigenvalue weighted by molar-refractivity contribution is 5.79. The lowest BCUT2D eigenvalue weighted by molar-refractivity contribution is 0.478. The zero-order valence-electron chi connectivity index (χ0n) is 11.0. The monoisotopic (exact) mass is 258 g/mol.